The highest BCUT2D eigenvalue weighted by Gasteiger charge is 2.27. The Labute approximate surface area is 122 Å². The van der Waals surface area contributed by atoms with E-state index >= 15 is 0 Å². The van der Waals surface area contributed by atoms with Crippen LogP contribution in [0.15, 0.2) is 12.1 Å². The number of aromatic nitrogens is 1. The minimum absolute atomic E-state index is 0.239. The zero-order valence-corrected chi connectivity index (χ0v) is 11.6. The molecule has 0 bridgehead atoms. The van der Waals surface area contributed by atoms with E-state index in [1.807, 2.05) is 0 Å². The lowest BCUT2D eigenvalue weighted by Crippen LogP contribution is -2.47. The van der Waals surface area contributed by atoms with E-state index in [1.165, 1.54) is 12.8 Å². The van der Waals surface area contributed by atoms with Crippen molar-refractivity contribution in [3.63, 3.8) is 0 Å². The summed E-state index contributed by atoms with van der Waals surface area (Å²) in [5.41, 5.74) is 6.31. The number of nitrogens with one attached hydrogen (secondary N) is 2. The predicted octanol–water partition coefficient (Wildman–Crippen LogP) is 0.670. The van der Waals surface area contributed by atoms with E-state index in [-0.39, 0.29) is 11.8 Å². The highest BCUT2D eigenvalue weighted by molar-refractivity contribution is 6.01. The Balaban J connectivity index is 1.65. The van der Waals surface area contributed by atoms with Crippen LogP contribution < -0.4 is 21.1 Å². The molecule has 2 amide bonds. The van der Waals surface area contributed by atoms with Gasteiger partial charge in [0.15, 0.2) is 0 Å². The number of ether oxygens (including phenoxy) is 1. The number of piperidine rings is 1. The van der Waals surface area contributed by atoms with Crippen molar-refractivity contribution in [3.8, 4) is 5.88 Å². The zero-order chi connectivity index (χ0) is 14.8. The van der Waals surface area contributed by atoms with E-state index in [4.69, 9.17) is 10.5 Å². The molecule has 1 aliphatic carbocycles. The smallest absolute Gasteiger partial charge is 0.249 e. The average molecular weight is 290 g/mol. The number of hydrogen-bond acceptors (Lipinski definition) is 6. The first-order valence-electron chi connectivity index (χ1n) is 7.11. The molecule has 2 aliphatic rings. The molecule has 1 saturated carbocycles. The Morgan fingerprint density at radius 2 is 2.14 bits per heavy atom. The minimum Gasteiger partial charge on any atom is -0.476 e. The van der Waals surface area contributed by atoms with E-state index in [2.05, 4.69) is 15.6 Å². The van der Waals surface area contributed by atoms with E-state index < -0.39 is 6.04 Å². The first kappa shape index (κ1) is 13.7. The predicted molar refractivity (Wildman–Crippen MR) is 76.7 cm³/mol. The molecule has 4 N–H and O–H groups in total. The van der Waals surface area contributed by atoms with Gasteiger partial charge < -0.3 is 15.8 Å². The fraction of sp³-hybridized carbons (Fsp3) is 0.500. The number of carbonyl (C=O) groups is 2. The van der Waals surface area contributed by atoms with Crippen molar-refractivity contribution in [2.45, 2.75) is 31.7 Å². The second kappa shape index (κ2) is 5.59. The molecule has 1 atom stereocenters. The Hall–Kier alpha value is -2.31. The van der Waals surface area contributed by atoms with Crippen molar-refractivity contribution in [3.05, 3.63) is 12.1 Å². The molecule has 0 spiro atoms. The number of rotatable bonds is 5. The normalized spacial score (nSPS) is 21.8. The van der Waals surface area contributed by atoms with Gasteiger partial charge in [0.2, 0.25) is 17.7 Å². The monoisotopic (exact) mass is 290 g/mol. The van der Waals surface area contributed by atoms with Crippen LogP contribution in [-0.2, 0) is 9.59 Å². The Kier molecular flexibility index (Phi) is 3.64. The summed E-state index contributed by atoms with van der Waals surface area (Å²) in [6.45, 7) is 0.624. The number of anilines is 2. The van der Waals surface area contributed by atoms with Crippen molar-refractivity contribution in [1.82, 2.24) is 10.3 Å². The van der Waals surface area contributed by atoms with E-state index in [0.717, 1.165) is 0 Å². The maximum absolute atomic E-state index is 11.7. The van der Waals surface area contributed by atoms with Gasteiger partial charge in [0.1, 0.15) is 11.9 Å². The number of hydrogen-bond donors (Lipinski definition) is 3. The van der Waals surface area contributed by atoms with Crippen molar-refractivity contribution in [1.29, 1.82) is 0 Å². The van der Waals surface area contributed by atoms with Crippen LogP contribution in [0, 0.1) is 5.92 Å². The molecule has 2 fully saturated rings. The third kappa shape index (κ3) is 3.42. The standard InChI is InChI=1S/C14H18N4O3/c15-9-3-5-11(17-14(9)21-7-8-1-2-8)16-10-4-6-12(19)18-13(10)20/h3,5,8,10H,1-2,4,6-7,15H2,(H,16,17)(H,18,19,20). The maximum atomic E-state index is 11.7. The number of nitrogen functional groups attached to an aromatic ring is 1. The van der Waals surface area contributed by atoms with Crippen LogP contribution >= 0.6 is 0 Å². The number of imide groups is 1. The van der Waals surface area contributed by atoms with Gasteiger partial charge in [-0.2, -0.15) is 4.98 Å². The van der Waals surface area contributed by atoms with Gasteiger partial charge in [0, 0.05) is 6.42 Å². The lowest BCUT2D eigenvalue weighted by atomic mass is 10.1. The second-order valence-corrected chi connectivity index (χ2v) is 5.49. The Morgan fingerprint density at radius 1 is 1.33 bits per heavy atom. The minimum atomic E-state index is -0.463. The number of pyridine rings is 1. The molecule has 2 heterocycles. The van der Waals surface area contributed by atoms with Crippen LogP contribution in [0.4, 0.5) is 11.5 Å². The van der Waals surface area contributed by atoms with Crippen LogP contribution in [0.5, 0.6) is 5.88 Å². The molecule has 21 heavy (non-hydrogen) atoms. The molecule has 112 valence electrons. The lowest BCUT2D eigenvalue weighted by Gasteiger charge is -2.22. The first-order valence-corrected chi connectivity index (χ1v) is 7.11. The van der Waals surface area contributed by atoms with Gasteiger partial charge in [0.05, 0.1) is 12.3 Å². The molecule has 1 saturated heterocycles. The lowest BCUT2D eigenvalue weighted by molar-refractivity contribution is -0.133. The van der Waals surface area contributed by atoms with Gasteiger partial charge in [-0.05, 0) is 37.3 Å². The molecule has 1 aromatic heterocycles. The molecule has 7 heteroatoms. The summed E-state index contributed by atoms with van der Waals surface area (Å²) >= 11 is 0. The quantitative estimate of drug-likeness (QED) is 0.688. The van der Waals surface area contributed by atoms with Gasteiger partial charge in [-0.1, -0.05) is 0 Å². The summed E-state index contributed by atoms with van der Waals surface area (Å²) in [6, 6.07) is 2.93. The van der Waals surface area contributed by atoms with Crippen molar-refractivity contribution < 1.29 is 14.3 Å². The third-order valence-corrected chi connectivity index (χ3v) is 3.60. The maximum Gasteiger partial charge on any atom is 0.249 e. The van der Waals surface area contributed by atoms with Crippen molar-refractivity contribution in [2.24, 2.45) is 5.92 Å². The summed E-state index contributed by atoms with van der Waals surface area (Å²) in [5.74, 6) is 0.948. The SMILES string of the molecule is Nc1ccc(NC2CCC(=O)NC2=O)nc1OCC1CC1. The Morgan fingerprint density at radius 3 is 2.86 bits per heavy atom. The molecule has 3 rings (SSSR count). The van der Waals surface area contributed by atoms with Gasteiger partial charge in [-0.25, -0.2) is 0 Å². The molecule has 0 aromatic carbocycles. The summed E-state index contributed by atoms with van der Waals surface area (Å²) < 4.78 is 5.60. The third-order valence-electron chi connectivity index (χ3n) is 3.60. The number of nitrogens with two attached hydrogens (primary N) is 1. The van der Waals surface area contributed by atoms with E-state index in [1.54, 1.807) is 12.1 Å². The summed E-state index contributed by atoms with van der Waals surface area (Å²) in [5, 5.41) is 5.31. The molecule has 1 unspecified atom stereocenters. The zero-order valence-electron chi connectivity index (χ0n) is 11.6. The average Bonchev–Trinajstić information content (AvgIpc) is 3.26. The van der Waals surface area contributed by atoms with E-state index in [0.29, 0.717) is 42.8 Å². The fourth-order valence-corrected chi connectivity index (χ4v) is 2.14. The summed E-state index contributed by atoms with van der Waals surface area (Å²) in [6.07, 6.45) is 3.15. The number of amides is 2. The van der Waals surface area contributed by atoms with Crippen LogP contribution in [0.2, 0.25) is 0 Å². The molecule has 7 nitrogen and oxygen atoms in total. The van der Waals surface area contributed by atoms with Crippen LogP contribution in [0.1, 0.15) is 25.7 Å². The van der Waals surface area contributed by atoms with Crippen LogP contribution in [-0.4, -0.2) is 29.4 Å². The topological polar surface area (TPSA) is 106 Å². The first-order chi connectivity index (χ1) is 10.1. The molecule has 0 radical (unpaired) electrons. The molecular formula is C14H18N4O3. The largest absolute Gasteiger partial charge is 0.476 e. The molecular weight excluding hydrogens is 272 g/mol. The highest BCUT2D eigenvalue weighted by atomic mass is 16.5. The summed E-state index contributed by atoms with van der Waals surface area (Å²) in [7, 11) is 0. The van der Waals surface area contributed by atoms with Crippen LogP contribution in [0.25, 0.3) is 0 Å². The number of carbonyl (C=O) groups excluding carboxylic acids is 2. The fourth-order valence-electron chi connectivity index (χ4n) is 2.14. The molecule has 1 aromatic rings. The van der Waals surface area contributed by atoms with Crippen molar-refractivity contribution in [2.75, 3.05) is 17.7 Å². The summed E-state index contributed by atoms with van der Waals surface area (Å²) in [4.78, 5) is 27.1. The van der Waals surface area contributed by atoms with Gasteiger partial charge in [0.25, 0.3) is 0 Å². The molecule has 1 aliphatic heterocycles. The van der Waals surface area contributed by atoms with Gasteiger partial charge in [-0.15, -0.1) is 0 Å². The van der Waals surface area contributed by atoms with Crippen molar-refractivity contribution >= 4 is 23.3 Å². The second-order valence-electron chi connectivity index (χ2n) is 5.49. The van der Waals surface area contributed by atoms with E-state index in [9.17, 15) is 9.59 Å². The van der Waals surface area contributed by atoms with Gasteiger partial charge >= 0.3 is 0 Å². The highest BCUT2D eigenvalue weighted by Crippen LogP contribution is 2.30. The Bertz CT molecular complexity index is 571. The van der Waals surface area contributed by atoms with Gasteiger partial charge in [-0.3, -0.25) is 14.9 Å². The van der Waals surface area contributed by atoms with Crippen LogP contribution in [0.3, 0.4) is 0 Å². The number of nitrogens with zero attached hydrogens (tertiary/aromatic N) is 1.